The summed E-state index contributed by atoms with van der Waals surface area (Å²) in [5.74, 6) is 0.812. The molecule has 1 saturated heterocycles. The second kappa shape index (κ2) is 5.00. The predicted molar refractivity (Wildman–Crippen MR) is 50.2 cm³/mol. The molecule has 0 aromatic rings. The Balaban J connectivity index is 2.20. The van der Waals surface area contributed by atoms with Gasteiger partial charge >= 0.3 is 0 Å². The molecule has 1 aliphatic heterocycles. The normalized spacial score (nSPS) is 26.2. The Bertz CT molecular complexity index is 106. The number of hydrogen-bond donors (Lipinski definition) is 0. The topological polar surface area (TPSA) is 3.24 Å². The third-order valence-electron chi connectivity index (χ3n) is 2.55. The van der Waals surface area contributed by atoms with Crippen LogP contribution in [0.15, 0.2) is 0 Å². The standard InChI is InChI=1S/C9H18ClN/c1-2-9-5-3-7-11(9)8-4-6-10/h9H,2-8H2,1H3/t9-/m0/s1. The molecule has 66 valence electrons. The maximum Gasteiger partial charge on any atom is 0.0235 e. The van der Waals surface area contributed by atoms with Crippen LogP contribution in [0.5, 0.6) is 0 Å². The van der Waals surface area contributed by atoms with E-state index >= 15 is 0 Å². The minimum absolute atomic E-state index is 0.812. The van der Waals surface area contributed by atoms with Crippen molar-refractivity contribution in [2.24, 2.45) is 0 Å². The molecule has 1 fully saturated rings. The summed E-state index contributed by atoms with van der Waals surface area (Å²) >= 11 is 5.64. The summed E-state index contributed by atoms with van der Waals surface area (Å²) in [5, 5.41) is 0. The number of halogens is 1. The molecule has 0 saturated carbocycles. The van der Waals surface area contributed by atoms with Gasteiger partial charge in [-0.1, -0.05) is 6.92 Å². The summed E-state index contributed by atoms with van der Waals surface area (Å²) in [4.78, 5) is 2.59. The van der Waals surface area contributed by atoms with Gasteiger partial charge in [0.2, 0.25) is 0 Å². The van der Waals surface area contributed by atoms with Crippen molar-refractivity contribution < 1.29 is 0 Å². The van der Waals surface area contributed by atoms with Gasteiger partial charge in [0.1, 0.15) is 0 Å². The quantitative estimate of drug-likeness (QED) is 0.594. The third-order valence-corrected chi connectivity index (χ3v) is 2.82. The zero-order valence-electron chi connectivity index (χ0n) is 7.35. The first-order valence-electron chi connectivity index (χ1n) is 4.68. The maximum atomic E-state index is 5.64. The largest absolute Gasteiger partial charge is 0.300 e. The van der Waals surface area contributed by atoms with E-state index in [1.54, 1.807) is 0 Å². The second-order valence-corrected chi connectivity index (χ2v) is 3.66. The van der Waals surface area contributed by atoms with Crippen molar-refractivity contribution in [3.8, 4) is 0 Å². The van der Waals surface area contributed by atoms with Gasteiger partial charge in [-0.2, -0.15) is 0 Å². The highest BCUT2D eigenvalue weighted by Gasteiger charge is 2.21. The van der Waals surface area contributed by atoms with Gasteiger partial charge in [0.15, 0.2) is 0 Å². The van der Waals surface area contributed by atoms with Crippen molar-refractivity contribution in [1.82, 2.24) is 4.90 Å². The molecule has 0 amide bonds. The van der Waals surface area contributed by atoms with Crippen LogP contribution < -0.4 is 0 Å². The lowest BCUT2D eigenvalue weighted by atomic mass is 10.2. The highest BCUT2D eigenvalue weighted by molar-refractivity contribution is 6.17. The zero-order chi connectivity index (χ0) is 8.10. The van der Waals surface area contributed by atoms with Gasteiger partial charge in [0, 0.05) is 11.9 Å². The summed E-state index contributed by atoms with van der Waals surface area (Å²) in [6, 6.07) is 0.859. The molecule has 0 spiro atoms. The monoisotopic (exact) mass is 175 g/mol. The van der Waals surface area contributed by atoms with Crippen LogP contribution in [0, 0.1) is 0 Å². The van der Waals surface area contributed by atoms with Gasteiger partial charge < -0.3 is 4.90 Å². The fourth-order valence-corrected chi connectivity index (χ4v) is 2.03. The van der Waals surface area contributed by atoms with Crippen LogP contribution in [0.1, 0.15) is 32.6 Å². The molecule has 1 heterocycles. The number of likely N-dealkylation sites (tertiary alicyclic amines) is 1. The molecular weight excluding hydrogens is 158 g/mol. The molecule has 11 heavy (non-hydrogen) atoms. The Labute approximate surface area is 74.7 Å². The summed E-state index contributed by atoms with van der Waals surface area (Å²) in [7, 11) is 0. The van der Waals surface area contributed by atoms with Crippen LogP contribution in [0.3, 0.4) is 0 Å². The molecule has 0 radical (unpaired) electrons. The Kier molecular flexibility index (Phi) is 4.24. The average molecular weight is 176 g/mol. The van der Waals surface area contributed by atoms with Gasteiger partial charge in [-0.3, -0.25) is 0 Å². The molecule has 0 unspecified atom stereocenters. The van der Waals surface area contributed by atoms with E-state index in [2.05, 4.69) is 11.8 Å². The molecule has 2 heteroatoms. The SMILES string of the molecule is CC[C@H]1CCCN1CCCCl. The highest BCUT2D eigenvalue weighted by atomic mass is 35.5. The molecule has 0 bridgehead atoms. The zero-order valence-corrected chi connectivity index (χ0v) is 8.11. The molecule has 0 aliphatic carbocycles. The molecule has 1 atom stereocenters. The van der Waals surface area contributed by atoms with E-state index in [0.717, 1.165) is 18.3 Å². The van der Waals surface area contributed by atoms with E-state index in [4.69, 9.17) is 11.6 Å². The number of nitrogens with zero attached hydrogens (tertiary/aromatic N) is 1. The maximum absolute atomic E-state index is 5.64. The fraction of sp³-hybridized carbons (Fsp3) is 1.00. The van der Waals surface area contributed by atoms with Crippen molar-refractivity contribution in [1.29, 1.82) is 0 Å². The van der Waals surface area contributed by atoms with Crippen molar-refractivity contribution in [3.63, 3.8) is 0 Å². The van der Waals surface area contributed by atoms with Gasteiger partial charge in [-0.25, -0.2) is 0 Å². The highest BCUT2D eigenvalue weighted by Crippen LogP contribution is 2.19. The van der Waals surface area contributed by atoms with Crippen molar-refractivity contribution in [2.45, 2.75) is 38.6 Å². The van der Waals surface area contributed by atoms with Crippen molar-refractivity contribution in [2.75, 3.05) is 19.0 Å². The first-order chi connectivity index (χ1) is 5.38. The van der Waals surface area contributed by atoms with E-state index in [9.17, 15) is 0 Å². The van der Waals surface area contributed by atoms with Crippen LogP contribution in [-0.4, -0.2) is 29.9 Å². The molecule has 1 nitrogen and oxygen atoms in total. The average Bonchev–Trinajstić information content (AvgIpc) is 2.47. The number of hydrogen-bond acceptors (Lipinski definition) is 1. The molecule has 0 aromatic heterocycles. The van der Waals surface area contributed by atoms with E-state index < -0.39 is 0 Å². The van der Waals surface area contributed by atoms with E-state index in [-0.39, 0.29) is 0 Å². The first kappa shape index (κ1) is 9.34. The van der Waals surface area contributed by atoms with Crippen LogP contribution in [0.4, 0.5) is 0 Å². The van der Waals surface area contributed by atoms with Gasteiger partial charge in [0.25, 0.3) is 0 Å². The second-order valence-electron chi connectivity index (χ2n) is 3.28. The van der Waals surface area contributed by atoms with Gasteiger partial charge in [-0.15, -0.1) is 11.6 Å². The fourth-order valence-electron chi connectivity index (χ4n) is 1.91. The molecule has 1 aliphatic rings. The van der Waals surface area contributed by atoms with E-state index in [1.807, 2.05) is 0 Å². The Hall–Kier alpha value is 0.250. The third kappa shape index (κ3) is 2.64. The summed E-state index contributed by atoms with van der Waals surface area (Å²) in [6.45, 7) is 4.79. The minimum Gasteiger partial charge on any atom is -0.300 e. The summed E-state index contributed by atoms with van der Waals surface area (Å²) < 4.78 is 0. The molecule has 1 rings (SSSR count). The van der Waals surface area contributed by atoms with Gasteiger partial charge in [-0.05, 0) is 38.8 Å². The van der Waals surface area contributed by atoms with Crippen molar-refractivity contribution in [3.05, 3.63) is 0 Å². The lowest BCUT2D eigenvalue weighted by Gasteiger charge is -2.22. The van der Waals surface area contributed by atoms with Crippen LogP contribution in [0.25, 0.3) is 0 Å². The van der Waals surface area contributed by atoms with E-state index in [1.165, 1.54) is 32.4 Å². The Morgan fingerprint density at radius 3 is 3.00 bits per heavy atom. The van der Waals surface area contributed by atoms with E-state index in [0.29, 0.717) is 0 Å². The minimum atomic E-state index is 0.812. The molecule has 0 N–H and O–H groups in total. The lowest BCUT2D eigenvalue weighted by molar-refractivity contribution is 0.249. The van der Waals surface area contributed by atoms with Crippen LogP contribution in [-0.2, 0) is 0 Å². The number of rotatable bonds is 4. The number of alkyl halides is 1. The summed E-state index contributed by atoms with van der Waals surface area (Å²) in [5.41, 5.74) is 0. The lowest BCUT2D eigenvalue weighted by Crippen LogP contribution is -2.29. The van der Waals surface area contributed by atoms with Gasteiger partial charge in [0.05, 0.1) is 0 Å². The molecule has 0 aromatic carbocycles. The predicted octanol–water partition coefficient (Wildman–Crippen LogP) is 2.49. The molecular formula is C9H18ClN. The van der Waals surface area contributed by atoms with Crippen molar-refractivity contribution >= 4 is 11.6 Å². The first-order valence-corrected chi connectivity index (χ1v) is 5.22. The van der Waals surface area contributed by atoms with Crippen LogP contribution in [0.2, 0.25) is 0 Å². The summed E-state index contributed by atoms with van der Waals surface area (Å²) in [6.07, 6.45) is 5.25. The Morgan fingerprint density at radius 2 is 2.36 bits per heavy atom. The van der Waals surface area contributed by atoms with Crippen LogP contribution >= 0.6 is 11.6 Å². The Morgan fingerprint density at radius 1 is 1.55 bits per heavy atom. The smallest absolute Gasteiger partial charge is 0.0235 e.